The number of nitrogens with zero attached hydrogens (tertiary/aromatic N) is 2. The topological polar surface area (TPSA) is 43.8 Å². The molecule has 60 valence electrons. The maximum absolute atomic E-state index is 5.41. The molecule has 1 aromatic rings. The second-order valence-corrected chi connectivity index (χ2v) is 3.08. The molecule has 2 N–H and O–H groups in total. The van der Waals surface area contributed by atoms with Crippen LogP contribution in [0.1, 0.15) is 24.6 Å². The first kappa shape index (κ1) is 6.85. The molecule has 3 heteroatoms. The zero-order chi connectivity index (χ0) is 7.68. The van der Waals surface area contributed by atoms with Gasteiger partial charge in [0, 0.05) is 18.7 Å². The van der Waals surface area contributed by atoms with E-state index in [2.05, 4.69) is 15.7 Å². The van der Waals surface area contributed by atoms with Crippen LogP contribution >= 0.6 is 0 Å². The van der Waals surface area contributed by atoms with Crippen molar-refractivity contribution in [3.63, 3.8) is 0 Å². The lowest BCUT2D eigenvalue weighted by Gasteiger charge is -1.93. The second-order valence-electron chi connectivity index (χ2n) is 3.08. The molecule has 0 aromatic carbocycles. The van der Waals surface area contributed by atoms with Crippen molar-refractivity contribution >= 4 is 0 Å². The zero-order valence-corrected chi connectivity index (χ0v) is 6.53. The summed E-state index contributed by atoms with van der Waals surface area (Å²) < 4.78 is 2.20. The molecule has 0 saturated heterocycles. The summed E-state index contributed by atoms with van der Waals surface area (Å²) in [5.74, 6) is 0. The fraction of sp³-hybridized carbons (Fsp3) is 0.625. The van der Waals surface area contributed by atoms with Gasteiger partial charge in [-0.25, -0.2) is 4.98 Å². The third-order valence-corrected chi connectivity index (χ3v) is 2.02. The monoisotopic (exact) mass is 151 g/mol. The van der Waals surface area contributed by atoms with Crippen LogP contribution in [0.3, 0.4) is 0 Å². The highest BCUT2D eigenvalue weighted by Gasteiger charge is 2.22. The van der Waals surface area contributed by atoms with Crippen LogP contribution in [0, 0.1) is 0 Å². The Hall–Kier alpha value is -0.830. The molecule has 1 aliphatic rings. The molecule has 11 heavy (non-hydrogen) atoms. The maximum atomic E-state index is 5.41. The molecule has 1 aliphatic carbocycles. The summed E-state index contributed by atoms with van der Waals surface area (Å²) in [7, 11) is 0. The van der Waals surface area contributed by atoms with E-state index in [1.54, 1.807) is 0 Å². The molecule has 1 fully saturated rings. The number of rotatable bonds is 3. The minimum atomic E-state index is 0.696. The van der Waals surface area contributed by atoms with Crippen LogP contribution in [0.4, 0.5) is 0 Å². The largest absolute Gasteiger partial charge is 0.334 e. The summed E-state index contributed by atoms with van der Waals surface area (Å²) >= 11 is 0. The van der Waals surface area contributed by atoms with E-state index in [0.717, 1.165) is 18.2 Å². The van der Waals surface area contributed by atoms with Gasteiger partial charge in [0.25, 0.3) is 0 Å². The summed E-state index contributed by atoms with van der Waals surface area (Å²) in [6, 6.07) is 0.744. The van der Waals surface area contributed by atoms with Gasteiger partial charge in [-0.3, -0.25) is 0 Å². The quantitative estimate of drug-likeness (QED) is 0.691. The van der Waals surface area contributed by atoms with Crippen LogP contribution < -0.4 is 5.73 Å². The van der Waals surface area contributed by atoms with Crippen molar-refractivity contribution < 1.29 is 0 Å². The summed E-state index contributed by atoms with van der Waals surface area (Å²) in [4.78, 5) is 4.25. The average molecular weight is 151 g/mol. The van der Waals surface area contributed by atoms with E-state index < -0.39 is 0 Å². The van der Waals surface area contributed by atoms with Crippen LogP contribution in [0.2, 0.25) is 0 Å². The molecule has 0 aliphatic heterocycles. The van der Waals surface area contributed by atoms with Crippen molar-refractivity contribution in [3.05, 3.63) is 18.2 Å². The number of nitrogens with two attached hydrogens (primary N) is 1. The van der Waals surface area contributed by atoms with E-state index >= 15 is 0 Å². The number of aromatic nitrogens is 2. The summed E-state index contributed by atoms with van der Waals surface area (Å²) in [5.41, 5.74) is 6.54. The molecule has 3 nitrogen and oxygen atoms in total. The summed E-state index contributed by atoms with van der Waals surface area (Å²) in [5, 5.41) is 0. The Kier molecular flexibility index (Phi) is 1.66. The molecular formula is C8H13N3. The van der Waals surface area contributed by atoms with Crippen molar-refractivity contribution in [1.29, 1.82) is 0 Å². The van der Waals surface area contributed by atoms with Gasteiger partial charge in [0.15, 0.2) is 0 Å². The fourth-order valence-corrected chi connectivity index (χ4v) is 1.23. The minimum Gasteiger partial charge on any atom is -0.334 e. The van der Waals surface area contributed by atoms with Gasteiger partial charge in [0.05, 0.1) is 12.0 Å². The molecule has 0 bridgehead atoms. The van der Waals surface area contributed by atoms with Crippen molar-refractivity contribution in [2.45, 2.75) is 25.3 Å². The lowest BCUT2D eigenvalue weighted by Crippen LogP contribution is -2.02. The Morgan fingerprint density at radius 2 is 2.45 bits per heavy atom. The Morgan fingerprint density at radius 1 is 1.64 bits per heavy atom. The van der Waals surface area contributed by atoms with E-state index in [4.69, 9.17) is 5.73 Å². The molecule has 0 radical (unpaired) electrons. The van der Waals surface area contributed by atoms with Crippen LogP contribution in [-0.2, 0) is 6.42 Å². The van der Waals surface area contributed by atoms with E-state index in [0.29, 0.717) is 6.54 Å². The van der Waals surface area contributed by atoms with Crippen LogP contribution in [0.5, 0.6) is 0 Å². The van der Waals surface area contributed by atoms with Gasteiger partial charge < -0.3 is 10.3 Å². The van der Waals surface area contributed by atoms with Gasteiger partial charge in [-0.15, -0.1) is 0 Å². The molecule has 0 spiro atoms. The SMILES string of the molecule is NCCc1cn(C2CC2)cn1. The Balaban J connectivity index is 2.06. The van der Waals surface area contributed by atoms with E-state index in [1.165, 1.54) is 12.8 Å². The standard InChI is InChI=1S/C8H13N3/c9-4-3-7-5-11(6-10-7)8-1-2-8/h5-6,8H,1-4,9H2. The van der Waals surface area contributed by atoms with Crippen LogP contribution in [0.25, 0.3) is 0 Å². The van der Waals surface area contributed by atoms with Crippen LogP contribution in [0.15, 0.2) is 12.5 Å². The van der Waals surface area contributed by atoms with Crippen molar-refractivity contribution in [1.82, 2.24) is 9.55 Å². The molecule has 2 rings (SSSR count). The Labute approximate surface area is 66.2 Å². The lowest BCUT2D eigenvalue weighted by atomic mass is 10.3. The molecule has 0 amide bonds. The van der Waals surface area contributed by atoms with Crippen molar-refractivity contribution in [2.24, 2.45) is 5.73 Å². The fourth-order valence-electron chi connectivity index (χ4n) is 1.23. The predicted molar refractivity (Wildman–Crippen MR) is 43.3 cm³/mol. The summed E-state index contributed by atoms with van der Waals surface area (Å²) in [6.45, 7) is 0.696. The molecule has 1 heterocycles. The Morgan fingerprint density at radius 3 is 3.09 bits per heavy atom. The molecule has 1 saturated carbocycles. The number of hydrogen-bond acceptors (Lipinski definition) is 2. The van der Waals surface area contributed by atoms with Crippen LogP contribution in [-0.4, -0.2) is 16.1 Å². The van der Waals surface area contributed by atoms with Gasteiger partial charge in [0.1, 0.15) is 0 Å². The first-order valence-corrected chi connectivity index (χ1v) is 4.12. The highest BCUT2D eigenvalue weighted by atomic mass is 15.1. The number of hydrogen-bond donors (Lipinski definition) is 1. The molecule has 0 unspecified atom stereocenters. The Bertz CT molecular complexity index is 237. The van der Waals surface area contributed by atoms with Gasteiger partial charge in [-0.1, -0.05) is 0 Å². The highest BCUT2D eigenvalue weighted by Crippen LogP contribution is 2.34. The smallest absolute Gasteiger partial charge is 0.0951 e. The predicted octanol–water partition coefficient (Wildman–Crippen LogP) is 0.719. The maximum Gasteiger partial charge on any atom is 0.0951 e. The van der Waals surface area contributed by atoms with Crippen molar-refractivity contribution in [3.8, 4) is 0 Å². The van der Waals surface area contributed by atoms with Gasteiger partial charge >= 0.3 is 0 Å². The summed E-state index contributed by atoms with van der Waals surface area (Å²) in [6.07, 6.45) is 7.57. The normalized spacial score (nSPS) is 17.2. The van der Waals surface area contributed by atoms with Gasteiger partial charge in [-0.05, 0) is 19.4 Å². The third-order valence-electron chi connectivity index (χ3n) is 2.02. The second kappa shape index (κ2) is 2.66. The molecule has 1 aromatic heterocycles. The molecular weight excluding hydrogens is 138 g/mol. The van der Waals surface area contributed by atoms with Crippen molar-refractivity contribution in [2.75, 3.05) is 6.54 Å². The van der Waals surface area contributed by atoms with E-state index in [1.807, 2.05) is 6.33 Å². The minimum absolute atomic E-state index is 0.696. The van der Waals surface area contributed by atoms with E-state index in [9.17, 15) is 0 Å². The molecule has 0 atom stereocenters. The third kappa shape index (κ3) is 1.43. The van der Waals surface area contributed by atoms with Gasteiger partial charge in [0.2, 0.25) is 0 Å². The average Bonchev–Trinajstić information content (AvgIpc) is 2.75. The van der Waals surface area contributed by atoms with Gasteiger partial charge in [-0.2, -0.15) is 0 Å². The lowest BCUT2D eigenvalue weighted by molar-refractivity contribution is 0.739. The zero-order valence-electron chi connectivity index (χ0n) is 6.53. The first-order valence-electron chi connectivity index (χ1n) is 4.12. The first-order chi connectivity index (χ1) is 5.40. The highest BCUT2D eigenvalue weighted by molar-refractivity contribution is 5.00. The number of imidazole rings is 1. The van der Waals surface area contributed by atoms with E-state index in [-0.39, 0.29) is 0 Å².